The van der Waals surface area contributed by atoms with Crippen LogP contribution in [0.1, 0.15) is 47.4 Å². The van der Waals surface area contributed by atoms with Gasteiger partial charge in [0.25, 0.3) is 0 Å². The van der Waals surface area contributed by atoms with Crippen molar-refractivity contribution >= 4 is 16.8 Å². The Morgan fingerprint density at radius 2 is 1.54 bits per heavy atom. The van der Waals surface area contributed by atoms with E-state index in [0.29, 0.717) is 6.42 Å². The van der Waals surface area contributed by atoms with Gasteiger partial charge >= 0.3 is 0 Å². The molecule has 1 atom stereocenters. The van der Waals surface area contributed by atoms with Crippen LogP contribution < -0.4 is 4.74 Å². The van der Waals surface area contributed by atoms with Gasteiger partial charge in [0.15, 0.2) is 0 Å². The topological polar surface area (TPSA) is 34.5 Å². The Morgan fingerprint density at radius 3 is 2.33 bits per heavy atom. The van der Waals surface area contributed by atoms with Gasteiger partial charge in [-0.25, -0.2) is 0 Å². The number of aryl methyl sites for hydroxylation is 1. The molecule has 1 fully saturated rings. The van der Waals surface area contributed by atoms with Crippen LogP contribution in [-0.2, 0) is 11.3 Å². The Labute approximate surface area is 230 Å². The van der Waals surface area contributed by atoms with E-state index < -0.39 is 0 Å². The fourth-order valence-corrected chi connectivity index (χ4v) is 5.67. The number of carbonyl (C=O) groups excluding carboxylic acids is 1. The van der Waals surface area contributed by atoms with Crippen molar-refractivity contribution in [3.05, 3.63) is 132 Å². The van der Waals surface area contributed by atoms with Gasteiger partial charge in [-0.1, -0.05) is 78.4 Å². The summed E-state index contributed by atoms with van der Waals surface area (Å²) in [6.07, 6.45) is 4.88. The molecule has 2 heterocycles. The van der Waals surface area contributed by atoms with Gasteiger partial charge in [-0.3, -0.25) is 4.79 Å². The zero-order valence-electron chi connectivity index (χ0n) is 22.4. The Bertz CT molecular complexity index is 1560. The lowest BCUT2D eigenvalue weighted by molar-refractivity contribution is -0.130. The maximum Gasteiger partial charge on any atom is 0.223 e. The monoisotopic (exact) mass is 514 g/mol. The average Bonchev–Trinajstić information content (AvgIpc) is 3.63. The van der Waals surface area contributed by atoms with Gasteiger partial charge < -0.3 is 14.2 Å². The number of aromatic nitrogens is 1. The van der Waals surface area contributed by atoms with Gasteiger partial charge in [-0.05, 0) is 66.8 Å². The first kappa shape index (κ1) is 25.0. The molecule has 1 aromatic heterocycles. The normalized spacial score (nSPS) is 14.0. The molecule has 0 aliphatic carbocycles. The summed E-state index contributed by atoms with van der Waals surface area (Å²) < 4.78 is 8.52. The summed E-state index contributed by atoms with van der Waals surface area (Å²) in [6, 6.07) is 35.4. The minimum atomic E-state index is -0.0819. The van der Waals surface area contributed by atoms with Crippen LogP contribution >= 0.6 is 0 Å². The number of para-hydroxylation sites is 2. The number of amides is 1. The number of rotatable bonds is 8. The number of ether oxygens (including phenoxy) is 1. The second-order valence-corrected chi connectivity index (χ2v) is 10.5. The minimum absolute atomic E-state index is 0.0819. The van der Waals surface area contributed by atoms with Crippen molar-refractivity contribution in [3.8, 4) is 11.5 Å². The standard InChI is InChI=1S/C35H34N2O2/c1-26-16-18-27(19-17-26)24-37-25-33(31-14-5-6-15-34(31)37)32(23-35(38)36-20-7-8-21-36)28-10-9-13-30(22-28)39-29-11-3-2-4-12-29/h2-6,9-19,22,25,32H,7-8,20-21,23-24H2,1H3. The molecular weight excluding hydrogens is 480 g/mol. The summed E-state index contributed by atoms with van der Waals surface area (Å²) in [7, 11) is 0. The maximum atomic E-state index is 13.5. The minimum Gasteiger partial charge on any atom is -0.457 e. The van der Waals surface area contributed by atoms with E-state index in [1.165, 1.54) is 27.6 Å². The van der Waals surface area contributed by atoms with Gasteiger partial charge in [-0.2, -0.15) is 0 Å². The number of fused-ring (bicyclic) bond motifs is 1. The second kappa shape index (κ2) is 11.2. The number of hydrogen-bond donors (Lipinski definition) is 0. The second-order valence-electron chi connectivity index (χ2n) is 10.5. The van der Waals surface area contributed by atoms with Crippen molar-refractivity contribution in [2.45, 2.75) is 38.6 Å². The van der Waals surface area contributed by atoms with E-state index in [0.717, 1.165) is 49.5 Å². The van der Waals surface area contributed by atoms with Gasteiger partial charge in [0.1, 0.15) is 11.5 Å². The molecule has 4 aromatic carbocycles. The molecule has 4 heteroatoms. The van der Waals surface area contributed by atoms with Gasteiger partial charge in [0.2, 0.25) is 5.91 Å². The Balaban J connectivity index is 1.40. The Hall–Kier alpha value is -4.31. The van der Waals surface area contributed by atoms with Crippen molar-refractivity contribution in [3.63, 3.8) is 0 Å². The smallest absolute Gasteiger partial charge is 0.223 e. The van der Waals surface area contributed by atoms with E-state index in [1.54, 1.807) is 0 Å². The van der Waals surface area contributed by atoms with Crippen LogP contribution in [-0.4, -0.2) is 28.5 Å². The third kappa shape index (κ3) is 5.61. The third-order valence-corrected chi connectivity index (χ3v) is 7.75. The zero-order valence-corrected chi connectivity index (χ0v) is 22.4. The van der Waals surface area contributed by atoms with Gasteiger partial charge in [0.05, 0.1) is 0 Å². The van der Waals surface area contributed by atoms with Crippen molar-refractivity contribution in [2.75, 3.05) is 13.1 Å². The van der Waals surface area contributed by atoms with E-state index in [2.05, 4.69) is 78.4 Å². The van der Waals surface area contributed by atoms with Crippen LogP contribution in [0.5, 0.6) is 11.5 Å². The Kier molecular flexibility index (Phi) is 7.18. The van der Waals surface area contributed by atoms with Crippen LogP contribution in [0, 0.1) is 6.92 Å². The molecule has 0 bridgehead atoms. The van der Waals surface area contributed by atoms with E-state index in [9.17, 15) is 4.79 Å². The molecule has 1 aliphatic heterocycles. The largest absolute Gasteiger partial charge is 0.457 e. The molecule has 1 aliphatic rings. The molecule has 5 aromatic rings. The van der Waals surface area contributed by atoms with Crippen LogP contribution in [0.15, 0.2) is 109 Å². The molecule has 0 N–H and O–H groups in total. The molecule has 6 rings (SSSR count). The predicted octanol–water partition coefficient (Wildman–Crippen LogP) is 7.93. The highest BCUT2D eigenvalue weighted by atomic mass is 16.5. The Morgan fingerprint density at radius 1 is 0.821 bits per heavy atom. The van der Waals surface area contributed by atoms with Crippen molar-refractivity contribution in [1.82, 2.24) is 9.47 Å². The van der Waals surface area contributed by atoms with E-state index in [1.807, 2.05) is 47.4 Å². The van der Waals surface area contributed by atoms with Gasteiger partial charge in [0, 0.05) is 49.1 Å². The van der Waals surface area contributed by atoms with Crippen molar-refractivity contribution in [2.24, 2.45) is 0 Å². The number of likely N-dealkylation sites (tertiary alicyclic amines) is 1. The van der Waals surface area contributed by atoms with Crippen LogP contribution in [0.4, 0.5) is 0 Å². The maximum absolute atomic E-state index is 13.5. The zero-order chi connectivity index (χ0) is 26.6. The summed E-state index contributed by atoms with van der Waals surface area (Å²) in [5.41, 5.74) is 5.98. The summed E-state index contributed by atoms with van der Waals surface area (Å²) in [5.74, 6) is 1.72. The predicted molar refractivity (Wildman–Crippen MR) is 157 cm³/mol. The molecular formula is C35H34N2O2. The fraction of sp³-hybridized carbons (Fsp3) is 0.229. The van der Waals surface area contributed by atoms with E-state index in [-0.39, 0.29) is 11.8 Å². The number of hydrogen-bond acceptors (Lipinski definition) is 2. The summed E-state index contributed by atoms with van der Waals surface area (Å²) >= 11 is 0. The average molecular weight is 515 g/mol. The first-order chi connectivity index (χ1) is 19.1. The van der Waals surface area contributed by atoms with Crippen molar-refractivity contribution < 1.29 is 9.53 Å². The summed E-state index contributed by atoms with van der Waals surface area (Å²) in [4.78, 5) is 15.6. The van der Waals surface area contributed by atoms with Crippen LogP contribution in [0.25, 0.3) is 10.9 Å². The van der Waals surface area contributed by atoms with Crippen LogP contribution in [0.2, 0.25) is 0 Å². The molecule has 0 radical (unpaired) electrons. The first-order valence-electron chi connectivity index (χ1n) is 13.9. The third-order valence-electron chi connectivity index (χ3n) is 7.75. The number of nitrogens with zero attached hydrogens (tertiary/aromatic N) is 2. The first-order valence-corrected chi connectivity index (χ1v) is 13.9. The van der Waals surface area contributed by atoms with Gasteiger partial charge in [-0.15, -0.1) is 0 Å². The molecule has 4 nitrogen and oxygen atoms in total. The molecule has 0 spiro atoms. The summed E-state index contributed by atoms with van der Waals surface area (Å²) in [5, 5.41) is 1.19. The lowest BCUT2D eigenvalue weighted by Gasteiger charge is -2.22. The van der Waals surface area contributed by atoms with E-state index in [4.69, 9.17) is 4.74 Å². The molecule has 196 valence electrons. The molecule has 1 unspecified atom stereocenters. The molecule has 1 amide bonds. The SMILES string of the molecule is Cc1ccc(Cn2cc(C(CC(=O)N3CCCC3)c3cccc(Oc4ccccc4)c3)c3ccccc32)cc1. The highest BCUT2D eigenvalue weighted by Gasteiger charge is 2.27. The molecule has 0 saturated carbocycles. The van der Waals surface area contributed by atoms with E-state index >= 15 is 0 Å². The number of carbonyl (C=O) groups is 1. The van der Waals surface area contributed by atoms with Crippen molar-refractivity contribution in [1.29, 1.82) is 0 Å². The number of benzene rings is 4. The molecule has 39 heavy (non-hydrogen) atoms. The highest BCUT2D eigenvalue weighted by Crippen LogP contribution is 2.37. The summed E-state index contributed by atoms with van der Waals surface area (Å²) in [6.45, 7) is 4.62. The lowest BCUT2D eigenvalue weighted by atomic mass is 9.87. The fourth-order valence-electron chi connectivity index (χ4n) is 5.67. The lowest BCUT2D eigenvalue weighted by Crippen LogP contribution is -2.29. The highest BCUT2D eigenvalue weighted by molar-refractivity contribution is 5.87. The molecule has 1 saturated heterocycles. The van der Waals surface area contributed by atoms with Crippen LogP contribution in [0.3, 0.4) is 0 Å². The quantitative estimate of drug-likeness (QED) is 0.211.